The van der Waals surface area contributed by atoms with Crippen LogP contribution in [0.2, 0.25) is 0 Å². The van der Waals surface area contributed by atoms with Crippen LogP contribution in [0.1, 0.15) is 49.8 Å². The highest BCUT2D eigenvalue weighted by Gasteiger charge is 2.37. The summed E-state index contributed by atoms with van der Waals surface area (Å²) in [7, 11) is 0. The standard InChI is InChI=1S/C17H24N2OS.ClH/c20-17(10-12-8-13-3-4-14(9-12)18-13)19(15-5-6-15)11-16-2-1-7-21-16;/h1-2,7,12-15,18H,3-6,8-11H2;1H. The van der Waals surface area contributed by atoms with Crippen LogP contribution in [0.15, 0.2) is 17.5 Å². The molecule has 0 spiro atoms. The number of thiophene rings is 1. The molecule has 22 heavy (non-hydrogen) atoms. The van der Waals surface area contributed by atoms with Crippen LogP contribution >= 0.6 is 23.7 Å². The Bertz CT molecular complexity index is 491. The van der Waals surface area contributed by atoms with Gasteiger partial charge in [-0.15, -0.1) is 23.7 Å². The summed E-state index contributed by atoms with van der Waals surface area (Å²) in [5.74, 6) is 1.01. The van der Waals surface area contributed by atoms with Gasteiger partial charge in [0.25, 0.3) is 0 Å². The Morgan fingerprint density at radius 2 is 1.95 bits per heavy atom. The van der Waals surface area contributed by atoms with Gasteiger partial charge in [0.1, 0.15) is 0 Å². The molecule has 2 atom stereocenters. The Labute approximate surface area is 142 Å². The zero-order valence-corrected chi connectivity index (χ0v) is 14.5. The number of carbonyl (C=O) groups is 1. The van der Waals surface area contributed by atoms with E-state index in [4.69, 9.17) is 0 Å². The van der Waals surface area contributed by atoms with Gasteiger partial charge >= 0.3 is 0 Å². The summed E-state index contributed by atoms with van der Waals surface area (Å²) >= 11 is 1.77. The molecule has 3 heterocycles. The number of hydrogen-bond acceptors (Lipinski definition) is 3. The summed E-state index contributed by atoms with van der Waals surface area (Å²) in [6.07, 6.45) is 8.23. The summed E-state index contributed by atoms with van der Waals surface area (Å²) in [5.41, 5.74) is 0. The zero-order chi connectivity index (χ0) is 14.2. The molecular formula is C17H25ClN2OS. The lowest BCUT2D eigenvalue weighted by Gasteiger charge is -2.31. The number of carbonyl (C=O) groups excluding carboxylic acids is 1. The number of halogens is 1. The molecule has 1 saturated carbocycles. The number of hydrogen-bond donors (Lipinski definition) is 1. The Hall–Kier alpha value is -0.580. The summed E-state index contributed by atoms with van der Waals surface area (Å²) in [6, 6.07) is 6.14. The fourth-order valence-electron chi connectivity index (χ4n) is 4.08. The SMILES string of the molecule is Cl.O=C(CC1CC2CCC(C1)N2)N(Cc1cccs1)C1CC1. The molecular weight excluding hydrogens is 316 g/mol. The van der Waals surface area contributed by atoms with E-state index in [2.05, 4.69) is 27.7 Å². The summed E-state index contributed by atoms with van der Waals surface area (Å²) in [4.78, 5) is 16.2. The second-order valence-electron chi connectivity index (χ2n) is 7.01. The van der Waals surface area contributed by atoms with E-state index >= 15 is 0 Å². The molecule has 1 N–H and O–H groups in total. The fourth-order valence-corrected chi connectivity index (χ4v) is 4.79. The van der Waals surface area contributed by atoms with Crippen molar-refractivity contribution in [2.45, 2.75) is 69.6 Å². The van der Waals surface area contributed by atoms with Crippen molar-refractivity contribution in [2.75, 3.05) is 0 Å². The Balaban J connectivity index is 0.00000144. The van der Waals surface area contributed by atoms with E-state index < -0.39 is 0 Å². The van der Waals surface area contributed by atoms with Crippen LogP contribution in [0.5, 0.6) is 0 Å². The molecule has 2 aliphatic heterocycles. The molecule has 2 unspecified atom stereocenters. The molecule has 1 aromatic heterocycles. The lowest BCUT2D eigenvalue weighted by molar-refractivity contribution is -0.133. The van der Waals surface area contributed by atoms with Crippen LogP contribution < -0.4 is 5.32 Å². The van der Waals surface area contributed by atoms with Gasteiger partial charge in [-0.3, -0.25) is 4.79 Å². The van der Waals surface area contributed by atoms with E-state index in [-0.39, 0.29) is 12.4 Å². The van der Waals surface area contributed by atoms with Crippen molar-refractivity contribution in [1.29, 1.82) is 0 Å². The second-order valence-corrected chi connectivity index (χ2v) is 8.04. The minimum Gasteiger partial charge on any atom is -0.335 e. The summed E-state index contributed by atoms with van der Waals surface area (Å²) in [6.45, 7) is 0.832. The number of fused-ring (bicyclic) bond motifs is 2. The quantitative estimate of drug-likeness (QED) is 0.888. The first kappa shape index (κ1) is 16.3. The minimum atomic E-state index is 0. The number of rotatable bonds is 5. The van der Waals surface area contributed by atoms with Gasteiger partial charge < -0.3 is 10.2 Å². The first-order valence-corrected chi connectivity index (χ1v) is 9.24. The maximum Gasteiger partial charge on any atom is 0.223 e. The van der Waals surface area contributed by atoms with Gasteiger partial charge in [-0.2, -0.15) is 0 Å². The molecule has 3 fully saturated rings. The third kappa shape index (κ3) is 3.66. The molecule has 1 aliphatic carbocycles. The van der Waals surface area contributed by atoms with Gasteiger partial charge in [0.15, 0.2) is 0 Å². The topological polar surface area (TPSA) is 32.3 Å². The molecule has 1 amide bonds. The molecule has 3 aliphatic rings. The van der Waals surface area contributed by atoms with E-state index in [1.807, 2.05) is 0 Å². The lowest BCUT2D eigenvalue weighted by Crippen LogP contribution is -2.40. The third-order valence-electron chi connectivity index (χ3n) is 5.25. The molecule has 3 nitrogen and oxygen atoms in total. The molecule has 5 heteroatoms. The van der Waals surface area contributed by atoms with Crippen LogP contribution in [0.3, 0.4) is 0 Å². The average Bonchev–Trinajstić information content (AvgIpc) is 3.07. The third-order valence-corrected chi connectivity index (χ3v) is 6.11. The Morgan fingerprint density at radius 1 is 1.23 bits per heavy atom. The van der Waals surface area contributed by atoms with E-state index in [9.17, 15) is 4.79 Å². The maximum atomic E-state index is 12.8. The van der Waals surface area contributed by atoms with E-state index in [1.165, 1.54) is 43.4 Å². The first-order valence-electron chi connectivity index (χ1n) is 8.36. The summed E-state index contributed by atoms with van der Waals surface area (Å²) in [5, 5.41) is 5.78. The monoisotopic (exact) mass is 340 g/mol. The van der Waals surface area contributed by atoms with Crippen molar-refractivity contribution in [2.24, 2.45) is 5.92 Å². The van der Waals surface area contributed by atoms with Gasteiger partial charge in [-0.25, -0.2) is 0 Å². The summed E-state index contributed by atoms with van der Waals surface area (Å²) < 4.78 is 0. The lowest BCUT2D eigenvalue weighted by atomic mass is 9.89. The minimum absolute atomic E-state index is 0. The molecule has 122 valence electrons. The van der Waals surface area contributed by atoms with Crippen molar-refractivity contribution >= 4 is 29.7 Å². The molecule has 0 aromatic carbocycles. The van der Waals surface area contributed by atoms with E-state index in [0.717, 1.165) is 13.0 Å². The van der Waals surface area contributed by atoms with Gasteiger partial charge in [0.05, 0.1) is 6.54 Å². The Morgan fingerprint density at radius 3 is 2.55 bits per heavy atom. The van der Waals surface area contributed by atoms with Crippen molar-refractivity contribution in [3.63, 3.8) is 0 Å². The fraction of sp³-hybridized carbons (Fsp3) is 0.706. The number of nitrogens with zero attached hydrogens (tertiary/aromatic N) is 1. The predicted octanol–water partition coefficient (Wildman–Crippen LogP) is 3.58. The highest BCUT2D eigenvalue weighted by Crippen LogP contribution is 2.35. The number of piperidine rings is 1. The first-order chi connectivity index (χ1) is 10.3. The molecule has 1 aromatic rings. The van der Waals surface area contributed by atoms with Crippen molar-refractivity contribution in [3.8, 4) is 0 Å². The van der Waals surface area contributed by atoms with Crippen molar-refractivity contribution < 1.29 is 4.79 Å². The largest absolute Gasteiger partial charge is 0.335 e. The van der Waals surface area contributed by atoms with Crippen molar-refractivity contribution in [3.05, 3.63) is 22.4 Å². The van der Waals surface area contributed by atoms with Gasteiger partial charge in [0, 0.05) is 29.4 Å². The Kier molecular flexibility index (Phi) is 5.10. The zero-order valence-electron chi connectivity index (χ0n) is 12.9. The van der Waals surface area contributed by atoms with Crippen molar-refractivity contribution in [1.82, 2.24) is 10.2 Å². The van der Waals surface area contributed by atoms with Crippen LogP contribution in [-0.2, 0) is 11.3 Å². The maximum absolute atomic E-state index is 12.8. The van der Waals surface area contributed by atoms with E-state index in [0.29, 0.717) is 30.0 Å². The predicted molar refractivity (Wildman–Crippen MR) is 92.4 cm³/mol. The number of amides is 1. The number of nitrogens with one attached hydrogen (secondary N) is 1. The highest BCUT2D eigenvalue weighted by atomic mass is 35.5. The van der Waals surface area contributed by atoms with Crippen LogP contribution in [0.25, 0.3) is 0 Å². The molecule has 2 saturated heterocycles. The molecule has 0 radical (unpaired) electrons. The second kappa shape index (κ2) is 6.90. The highest BCUT2D eigenvalue weighted by molar-refractivity contribution is 7.09. The van der Waals surface area contributed by atoms with Crippen LogP contribution in [0, 0.1) is 5.92 Å². The van der Waals surface area contributed by atoms with Crippen LogP contribution in [0.4, 0.5) is 0 Å². The molecule has 4 rings (SSSR count). The normalized spacial score (nSPS) is 29.9. The van der Waals surface area contributed by atoms with Gasteiger partial charge in [-0.1, -0.05) is 6.07 Å². The van der Waals surface area contributed by atoms with E-state index in [1.54, 1.807) is 11.3 Å². The van der Waals surface area contributed by atoms with Gasteiger partial charge in [0.2, 0.25) is 5.91 Å². The van der Waals surface area contributed by atoms with Gasteiger partial charge in [-0.05, 0) is 55.9 Å². The average molecular weight is 341 g/mol. The van der Waals surface area contributed by atoms with Crippen LogP contribution in [-0.4, -0.2) is 28.9 Å². The smallest absolute Gasteiger partial charge is 0.223 e. The molecule has 2 bridgehead atoms.